The summed E-state index contributed by atoms with van der Waals surface area (Å²) in [6.45, 7) is 3.86. The second kappa shape index (κ2) is 17.0. The van der Waals surface area contributed by atoms with Gasteiger partial charge in [-0.1, -0.05) is 108 Å². The second-order valence-electron chi connectivity index (χ2n) is 13.9. The Hall–Kier alpha value is -6.37. The Morgan fingerprint density at radius 2 is 0.741 bits per heavy atom. The van der Waals surface area contributed by atoms with Crippen molar-refractivity contribution in [3.05, 3.63) is 217 Å². The summed E-state index contributed by atoms with van der Waals surface area (Å²) in [5, 5.41) is 0. The van der Waals surface area contributed by atoms with Crippen LogP contribution in [0.4, 0.5) is 51.7 Å². The number of hydrogen-bond acceptors (Lipinski definition) is 4. The van der Waals surface area contributed by atoms with E-state index < -0.39 is 28.7 Å². The van der Waals surface area contributed by atoms with Crippen LogP contribution >= 0.6 is 0 Å². The minimum Gasteiger partial charge on any atom is -0.311 e. The van der Waals surface area contributed by atoms with Crippen molar-refractivity contribution in [3.8, 4) is 22.5 Å². The first-order valence-corrected chi connectivity index (χ1v) is 18.3. The smallest absolute Gasteiger partial charge is 0.311 e. The molecule has 0 saturated heterocycles. The fraction of sp³-hybridized carbons (Fsp3) is 0.0612. The molecule has 4 nitrogen and oxygen atoms in total. The van der Waals surface area contributed by atoms with Crippen molar-refractivity contribution in [2.24, 2.45) is 0 Å². The number of aromatic nitrogens is 2. The zero-order valence-corrected chi connectivity index (χ0v) is 33.6. The standard InChI is InChI=1S/C49H34F4N4.Pt/c1-49(2,47-31-39(29-45(54-47)41-25-23-33(50)27-43(41)52)56(35-15-7-3-8-16-35)36-17-9-4-10-18-36)48-32-40(30-46(55-48)42-26-24-34(51)28-44(42)53)57(37-19-11-5-12-20-37)38-21-13-6-14-22-38;/h3-24,27-32H,1-2H3;/q-2;+2. The predicted molar refractivity (Wildman–Crippen MR) is 218 cm³/mol. The van der Waals surface area contributed by atoms with E-state index in [1.807, 2.05) is 157 Å². The molecule has 0 fully saturated rings. The summed E-state index contributed by atoms with van der Waals surface area (Å²) in [7, 11) is 0. The Morgan fingerprint density at radius 3 is 1.03 bits per heavy atom. The molecule has 0 unspecified atom stereocenters. The van der Waals surface area contributed by atoms with Crippen molar-refractivity contribution in [1.29, 1.82) is 0 Å². The van der Waals surface area contributed by atoms with Crippen molar-refractivity contribution < 1.29 is 38.6 Å². The van der Waals surface area contributed by atoms with Crippen LogP contribution in [0.1, 0.15) is 25.2 Å². The van der Waals surface area contributed by atoms with E-state index in [1.165, 1.54) is 0 Å². The number of para-hydroxylation sites is 4. The summed E-state index contributed by atoms with van der Waals surface area (Å²) in [6.07, 6.45) is 0. The maximum atomic E-state index is 15.6. The third-order valence-corrected chi connectivity index (χ3v) is 9.70. The quantitative estimate of drug-likeness (QED) is 0.101. The van der Waals surface area contributed by atoms with E-state index >= 15 is 8.78 Å². The molecule has 0 amide bonds. The van der Waals surface area contributed by atoms with Gasteiger partial charge in [-0.3, -0.25) is 17.6 Å². The zero-order valence-electron chi connectivity index (χ0n) is 31.3. The fourth-order valence-corrected chi connectivity index (χ4v) is 6.80. The molecule has 0 spiro atoms. The molecule has 0 atom stereocenters. The molecular formula is C49H34F4N4Pt. The summed E-state index contributed by atoms with van der Waals surface area (Å²) in [4.78, 5) is 14.1. The van der Waals surface area contributed by atoms with Gasteiger partial charge in [-0.05, 0) is 85.9 Å². The number of nitrogens with zero attached hydrogens (tertiary/aromatic N) is 4. The molecule has 9 heteroatoms. The molecule has 0 saturated carbocycles. The van der Waals surface area contributed by atoms with Crippen LogP contribution in [-0.4, -0.2) is 9.97 Å². The topological polar surface area (TPSA) is 32.3 Å². The summed E-state index contributed by atoms with van der Waals surface area (Å²) in [6, 6.07) is 55.5. The molecule has 58 heavy (non-hydrogen) atoms. The number of halogens is 4. The van der Waals surface area contributed by atoms with E-state index in [-0.39, 0.29) is 43.6 Å². The van der Waals surface area contributed by atoms with Crippen LogP contribution in [0.2, 0.25) is 0 Å². The van der Waals surface area contributed by atoms with Crippen molar-refractivity contribution in [3.63, 3.8) is 0 Å². The third-order valence-electron chi connectivity index (χ3n) is 9.70. The molecule has 6 aromatic carbocycles. The monoisotopic (exact) mass is 949 g/mol. The van der Waals surface area contributed by atoms with E-state index in [0.29, 0.717) is 22.8 Å². The van der Waals surface area contributed by atoms with E-state index in [4.69, 9.17) is 9.97 Å². The molecule has 2 heterocycles. The zero-order chi connectivity index (χ0) is 39.5. The first-order valence-electron chi connectivity index (χ1n) is 18.3. The Balaban J connectivity index is 0.00000512. The Kier molecular flexibility index (Phi) is 11.7. The van der Waals surface area contributed by atoms with Gasteiger partial charge in [0, 0.05) is 74.2 Å². The SMILES string of the molecule is CC(C)(c1cc(N(c2ccccc2)c2ccccc2)cc(-c2[c-]cc(F)cc2F)n1)c1cc(N(c2ccccc2)c2ccccc2)cc(-c2[c-]cc(F)cc2F)n1.[Pt+2]. The summed E-state index contributed by atoms with van der Waals surface area (Å²) >= 11 is 0. The fourth-order valence-electron chi connectivity index (χ4n) is 6.80. The van der Waals surface area contributed by atoms with Gasteiger partial charge in [0.05, 0.1) is 0 Å². The number of pyridine rings is 2. The van der Waals surface area contributed by atoms with Crippen LogP contribution in [0.5, 0.6) is 0 Å². The number of benzene rings is 6. The van der Waals surface area contributed by atoms with E-state index in [0.717, 1.165) is 47.0 Å². The molecule has 8 rings (SSSR count). The molecular weight excluding hydrogens is 916 g/mol. The largest absolute Gasteiger partial charge is 2.00 e. The normalized spacial score (nSPS) is 11.1. The first-order chi connectivity index (χ1) is 27.7. The second-order valence-corrected chi connectivity index (χ2v) is 13.9. The van der Waals surface area contributed by atoms with Gasteiger partial charge in [0.25, 0.3) is 0 Å². The maximum Gasteiger partial charge on any atom is 2.00 e. The molecule has 0 N–H and O–H groups in total. The maximum absolute atomic E-state index is 15.6. The average molecular weight is 950 g/mol. The number of hydrogen-bond donors (Lipinski definition) is 0. The third kappa shape index (κ3) is 8.20. The molecule has 0 aliphatic carbocycles. The minimum atomic E-state index is -1.05. The molecule has 0 radical (unpaired) electrons. The van der Waals surface area contributed by atoms with Gasteiger partial charge >= 0.3 is 21.1 Å². The summed E-state index contributed by atoms with van der Waals surface area (Å²) in [5.74, 6) is -3.16. The predicted octanol–water partition coefficient (Wildman–Crippen LogP) is 13.2. The van der Waals surface area contributed by atoms with Crippen molar-refractivity contribution in [2.45, 2.75) is 19.3 Å². The molecule has 0 bridgehead atoms. The van der Waals surface area contributed by atoms with Crippen LogP contribution in [0.3, 0.4) is 0 Å². The molecule has 288 valence electrons. The molecule has 0 aliphatic rings. The average Bonchev–Trinajstić information content (AvgIpc) is 3.22. The van der Waals surface area contributed by atoms with Gasteiger partial charge in [-0.15, -0.1) is 24.3 Å². The number of rotatable bonds is 10. The van der Waals surface area contributed by atoms with Crippen molar-refractivity contribution in [2.75, 3.05) is 9.80 Å². The van der Waals surface area contributed by atoms with Crippen LogP contribution in [0, 0.1) is 35.4 Å². The van der Waals surface area contributed by atoms with Gasteiger partial charge in [-0.2, -0.15) is 0 Å². The summed E-state index contributed by atoms with van der Waals surface area (Å²) < 4.78 is 59.7. The van der Waals surface area contributed by atoms with Gasteiger partial charge < -0.3 is 19.8 Å². The van der Waals surface area contributed by atoms with E-state index in [2.05, 4.69) is 12.1 Å². The Labute approximate surface area is 349 Å². The van der Waals surface area contributed by atoms with Gasteiger partial charge in [0.1, 0.15) is 0 Å². The molecule has 8 aromatic rings. The molecule has 0 aliphatic heterocycles. The summed E-state index contributed by atoms with van der Waals surface area (Å²) in [5.41, 5.74) is 4.93. The van der Waals surface area contributed by atoms with E-state index in [9.17, 15) is 8.78 Å². The van der Waals surface area contributed by atoms with Crippen LogP contribution in [0.25, 0.3) is 22.5 Å². The Morgan fingerprint density at radius 1 is 0.431 bits per heavy atom. The van der Waals surface area contributed by atoms with E-state index in [1.54, 1.807) is 12.1 Å². The van der Waals surface area contributed by atoms with Crippen LogP contribution in [0.15, 0.2) is 170 Å². The van der Waals surface area contributed by atoms with Gasteiger partial charge in [-0.25, -0.2) is 0 Å². The van der Waals surface area contributed by atoms with Crippen molar-refractivity contribution in [1.82, 2.24) is 9.97 Å². The number of anilines is 6. The van der Waals surface area contributed by atoms with Crippen LogP contribution in [-0.2, 0) is 26.5 Å². The first kappa shape index (κ1) is 39.8. The van der Waals surface area contributed by atoms with Crippen LogP contribution < -0.4 is 9.80 Å². The minimum absolute atomic E-state index is 0. The van der Waals surface area contributed by atoms with Crippen molar-refractivity contribution >= 4 is 34.1 Å². The molecule has 2 aromatic heterocycles. The Bertz CT molecular complexity index is 2400. The van der Waals surface area contributed by atoms with Gasteiger partial charge in [0.2, 0.25) is 0 Å². The van der Waals surface area contributed by atoms with Gasteiger partial charge in [0.15, 0.2) is 0 Å².